The van der Waals surface area contributed by atoms with Crippen LogP contribution in [0.25, 0.3) is 11.4 Å². The molecule has 0 radical (unpaired) electrons. The molecule has 10 heteroatoms. The van der Waals surface area contributed by atoms with Crippen LogP contribution in [0, 0.1) is 5.92 Å². The van der Waals surface area contributed by atoms with Crippen LogP contribution in [0.5, 0.6) is 5.75 Å². The third kappa shape index (κ3) is 5.55. The molecular weight excluding hydrogens is 460 g/mol. The van der Waals surface area contributed by atoms with E-state index in [4.69, 9.17) is 25.6 Å². The van der Waals surface area contributed by atoms with Gasteiger partial charge in [-0.05, 0) is 68.4 Å². The molecule has 0 unspecified atom stereocenters. The van der Waals surface area contributed by atoms with Crippen molar-refractivity contribution in [2.24, 2.45) is 5.92 Å². The van der Waals surface area contributed by atoms with Crippen LogP contribution in [-0.2, 0) is 16.1 Å². The molecule has 0 atom stereocenters. The second-order valence-electron chi connectivity index (χ2n) is 7.97. The molecule has 1 saturated heterocycles. The van der Waals surface area contributed by atoms with Gasteiger partial charge in [-0.15, -0.1) is 0 Å². The second-order valence-corrected chi connectivity index (χ2v) is 8.37. The fraction of sp³-hybridized carbons (Fsp3) is 0.333. The molecule has 178 valence electrons. The van der Waals surface area contributed by atoms with Gasteiger partial charge in [0.15, 0.2) is 0 Å². The average molecular weight is 485 g/mol. The minimum Gasteiger partial charge on any atom is -0.497 e. The van der Waals surface area contributed by atoms with Crippen molar-refractivity contribution in [2.75, 3.05) is 32.6 Å². The Kier molecular flexibility index (Phi) is 7.44. The number of methoxy groups -OCH3 is 2. The number of carbonyl (C=O) groups excluding carboxylic acids is 2. The van der Waals surface area contributed by atoms with Crippen molar-refractivity contribution >= 4 is 29.2 Å². The van der Waals surface area contributed by atoms with Crippen LogP contribution in [0.4, 0.5) is 5.69 Å². The van der Waals surface area contributed by atoms with E-state index in [9.17, 15) is 9.59 Å². The zero-order valence-corrected chi connectivity index (χ0v) is 19.7. The lowest BCUT2D eigenvalue weighted by atomic mass is 9.95. The van der Waals surface area contributed by atoms with E-state index in [1.54, 1.807) is 19.2 Å². The minimum absolute atomic E-state index is 0.0858. The van der Waals surface area contributed by atoms with E-state index in [2.05, 4.69) is 20.4 Å². The molecule has 1 aliphatic rings. The molecule has 0 spiro atoms. The molecule has 2 heterocycles. The maximum atomic E-state index is 12.7. The number of esters is 1. The number of amides is 1. The first kappa shape index (κ1) is 23.7. The van der Waals surface area contributed by atoms with Crippen LogP contribution in [0.3, 0.4) is 0 Å². The van der Waals surface area contributed by atoms with Crippen molar-refractivity contribution in [1.29, 1.82) is 0 Å². The van der Waals surface area contributed by atoms with Crippen molar-refractivity contribution < 1.29 is 23.6 Å². The van der Waals surface area contributed by atoms with Gasteiger partial charge in [-0.1, -0.05) is 16.8 Å². The van der Waals surface area contributed by atoms with Gasteiger partial charge in [0, 0.05) is 17.2 Å². The summed E-state index contributed by atoms with van der Waals surface area (Å²) in [6.07, 6.45) is 1.39. The van der Waals surface area contributed by atoms with Crippen LogP contribution < -0.4 is 10.1 Å². The fourth-order valence-corrected chi connectivity index (χ4v) is 4.03. The highest BCUT2D eigenvalue weighted by atomic mass is 35.5. The Bertz CT molecular complexity index is 1160. The zero-order chi connectivity index (χ0) is 24.1. The van der Waals surface area contributed by atoms with Gasteiger partial charge in [0.2, 0.25) is 17.6 Å². The largest absolute Gasteiger partial charge is 0.497 e. The van der Waals surface area contributed by atoms with Crippen molar-refractivity contribution in [3.05, 3.63) is 58.9 Å². The van der Waals surface area contributed by atoms with Crippen molar-refractivity contribution in [3.63, 3.8) is 0 Å². The fourth-order valence-electron chi connectivity index (χ4n) is 3.83. The summed E-state index contributed by atoms with van der Waals surface area (Å²) in [6.45, 7) is 1.98. The summed E-state index contributed by atoms with van der Waals surface area (Å²) in [4.78, 5) is 31.2. The van der Waals surface area contributed by atoms with E-state index < -0.39 is 5.97 Å². The number of aromatic nitrogens is 2. The highest BCUT2D eigenvalue weighted by Gasteiger charge is 2.26. The lowest BCUT2D eigenvalue weighted by Gasteiger charge is -2.30. The normalized spacial score (nSPS) is 14.6. The Hall–Kier alpha value is -3.43. The first-order valence-corrected chi connectivity index (χ1v) is 11.2. The van der Waals surface area contributed by atoms with Gasteiger partial charge in [-0.3, -0.25) is 9.69 Å². The average Bonchev–Trinajstić information content (AvgIpc) is 3.33. The van der Waals surface area contributed by atoms with Gasteiger partial charge in [-0.25, -0.2) is 4.79 Å². The summed E-state index contributed by atoms with van der Waals surface area (Å²) in [5, 5.41) is 7.22. The molecule has 1 aromatic heterocycles. The Morgan fingerprint density at radius 3 is 2.56 bits per heavy atom. The smallest absolute Gasteiger partial charge is 0.339 e. The summed E-state index contributed by atoms with van der Waals surface area (Å²) in [5.74, 6) is 1.06. The lowest BCUT2D eigenvalue weighted by molar-refractivity contribution is -0.121. The number of halogens is 1. The van der Waals surface area contributed by atoms with E-state index in [1.165, 1.54) is 13.2 Å². The maximum absolute atomic E-state index is 12.7. The number of likely N-dealkylation sites (tertiary alicyclic amines) is 1. The molecule has 1 N–H and O–H groups in total. The first-order valence-electron chi connectivity index (χ1n) is 10.8. The molecule has 0 bridgehead atoms. The Balaban J connectivity index is 1.29. The summed E-state index contributed by atoms with van der Waals surface area (Å²) in [7, 11) is 2.90. The predicted octanol–water partition coefficient (Wildman–Crippen LogP) is 4.04. The van der Waals surface area contributed by atoms with Gasteiger partial charge < -0.3 is 19.3 Å². The zero-order valence-electron chi connectivity index (χ0n) is 18.9. The molecule has 0 saturated carbocycles. The van der Waals surface area contributed by atoms with Crippen LogP contribution in [-0.4, -0.2) is 54.2 Å². The highest BCUT2D eigenvalue weighted by molar-refractivity contribution is 6.33. The SMILES string of the molecule is COC(=O)c1cc(NC(=O)C2CCN(Cc3nc(-c4ccc(OC)cc4)no3)CC2)ccc1Cl. The first-order chi connectivity index (χ1) is 16.5. The van der Waals surface area contributed by atoms with Crippen LogP contribution in [0.2, 0.25) is 5.02 Å². The number of hydrogen-bond acceptors (Lipinski definition) is 8. The summed E-state index contributed by atoms with van der Waals surface area (Å²) in [6, 6.07) is 12.2. The summed E-state index contributed by atoms with van der Waals surface area (Å²) in [5.41, 5.74) is 1.57. The number of benzene rings is 2. The van der Waals surface area contributed by atoms with Gasteiger partial charge in [-0.2, -0.15) is 4.98 Å². The monoisotopic (exact) mass is 484 g/mol. The number of rotatable bonds is 7. The maximum Gasteiger partial charge on any atom is 0.339 e. The predicted molar refractivity (Wildman–Crippen MR) is 126 cm³/mol. The molecule has 2 aromatic carbocycles. The third-order valence-corrected chi connectivity index (χ3v) is 6.10. The second kappa shape index (κ2) is 10.7. The number of anilines is 1. The molecule has 34 heavy (non-hydrogen) atoms. The third-order valence-electron chi connectivity index (χ3n) is 5.77. The molecule has 3 aromatic rings. The van der Waals surface area contributed by atoms with Gasteiger partial charge in [0.25, 0.3) is 0 Å². The number of carbonyl (C=O) groups is 2. The molecule has 0 aliphatic carbocycles. The van der Waals surface area contributed by atoms with Crippen molar-refractivity contribution in [3.8, 4) is 17.1 Å². The quantitative estimate of drug-likeness (QED) is 0.501. The van der Waals surface area contributed by atoms with Crippen molar-refractivity contribution in [1.82, 2.24) is 15.0 Å². The number of nitrogens with zero attached hydrogens (tertiary/aromatic N) is 3. The number of nitrogens with one attached hydrogen (secondary N) is 1. The Morgan fingerprint density at radius 2 is 1.88 bits per heavy atom. The van der Waals surface area contributed by atoms with E-state index >= 15 is 0 Å². The van der Waals surface area contributed by atoms with E-state index in [0.29, 0.717) is 36.8 Å². The van der Waals surface area contributed by atoms with Crippen LogP contribution in [0.1, 0.15) is 29.1 Å². The number of ether oxygens (including phenoxy) is 2. The highest BCUT2D eigenvalue weighted by Crippen LogP contribution is 2.25. The molecule has 1 amide bonds. The van der Waals surface area contributed by atoms with Gasteiger partial charge >= 0.3 is 5.97 Å². The summed E-state index contributed by atoms with van der Waals surface area (Å²) < 4.78 is 15.3. The molecule has 1 aliphatic heterocycles. The number of hydrogen-bond donors (Lipinski definition) is 1. The standard InChI is InChI=1S/C24H25ClN4O5/c1-32-18-6-3-15(4-7-18)22-27-21(34-28-22)14-29-11-9-16(10-12-29)23(30)26-17-5-8-20(25)19(13-17)24(31)33-2/h3-8,13,16H,9-12,14H2,1-2H3,(H,26,30). The molecule has 9 nitrogen and oxygen atoms in total. The van der Waals surface area contributed by atoms with Gasteiger partial charge in [0.05, 0.1) is 31.4 Å². The molecular formula is C24H25ClN4O5. The van der Waals surface area contributed by atoms with Crippen LogP contribution >= 0.6 is 11.6 Å². The Morgan fingerprint density at radius 1 is 1.15 bits per heavy atom. The molecule has 1 fully saturated rings. The topological polar surface area (TPSA) is 107 Å². The van der Waals surface area contributed by atoms with Gasteiger partial charge in [0.1, 0.15) is 5.75 Å². The molecule has 4 rings (SSSR count). The summed E-state index contributed by atoms with van der Waals surface area (Å²) >= 11 is 6.04. The van der Waals surface area contributed by atoms with E-state index in [1.807, 2.05) is 24.3 Å². The van der Waals surface area contributed by atoms with E-state index in [0.717, 1.165) is 24.4 Å². The van der Waals surface area contributed by atoms with Crippen molar-refractivity contribution in [2.45, 2.75) is 19.4 Å². The van der Waals surface area contributed by atoms with Crippen LogP contribution in [0.15, 0.2) is 47.0 Å². The minimum atomic E-state index is -0.550. The lowest BCUT2D eigenvalue weighted by Crippen LogP contribution is -2.37. The van der Waals surface area contributed by atoms with E-state index in [-0.39, 0.29) is 22.4 Å². The Labute approximate surface area is 202 Å². The number of piperidine rings is 1.